The minimum atomic E-state index is -1.04. The van der Waals surface area contributed by atoms with E-state index >= 15 is 0 Å². The van der Waals surface area contributed by atoms with E-state index in [-0.39, 0.29) is 38.6 Å². The van der Waals surface area contributed by atoms with Crippen LogP contribution in [0.2, 0.25) is 0 Å². The molecule has 10 heteroatoms. The Labute approximate surface area is 158 Å². The molecule has 0 saturated carbocycles. The van der Waals surface area contributed by atoms with Gasteiger partial charge >= 0.3 is 0 Å². The first kappa shape index (κ1) is 20.1. The highest BCUT2D eigenvalue weighted by Gasteiger charge is 2.27. The van der Waals surface area contributed by atoms with Crippen LogP contribution in [-0.2, 0) is 0 Å². The molecule has 0 saturated heterocycles. The molecule has 2 amide bonds. The highest BCUT2D eigenvalue weighted by molar-refractivity contribution is 6.12. The van der Waals surface area contributed by atoms with E-state index in [2.05, 4.69) is 13.2 Å². The number of benzene rings is 2. The van der Waals surface area contributed by atoms with Crippen molar-refractivity contribution in [1.82, 2.24) is 5.01 Å². The number of hydrogen-bond acceptors (Lipinski definition) is 7. The number of imide groups is 1. The Balaban J connectivity index is 2.50. The SMILES string of the molecule is C=Cc1ccc([N+](=O)[O-])cc1C(=O)N(N)C(=O)c1cc([N+](=O)[O-])ccc1C=C. The monoisotopic (exact) mass is 382 g/mol. The fourth-order valence-electron chi connectivity index (χ4n) is 2.39. The van der Waals surface area contributed by atoms with Crippen LogP contribution in [0.3, 0.4) is 0 Å². The number of non-ortho nitro benzene ring substituents is 2. The van der Waals surface area contributed by atoms with Crippen LogP contribution in [0.1, 0.15) is 31.8 Å². The van der Waals surface area contributed by atoms with Crippen molar-refractivity contribution in [1.29, 1.82) is 0 Å². The number of hydrazine groups is 1. The molecule has 0 fully saturated rings. The Morgan fingerprint density at radius 2 is 1.21 bits per heavy atom. The van der Waals surface area contributed by atoms with Gasteiger partial charge in [0.05, 0.1) is 21.0 Å². The smallest absolute Gasteiger partial charge is 0.267 e. The van der Waals surface area contributed by atoms with Gasteiger partial charge in [0, 0.05) is 24.3 Å². The minimum absolute atomic E-state index is 0.217. The number of rotatable bonds is 6. The predicted octanol–water partition coefficient (Wildman–Crippen LogP) is 2.95. The van der Waals surface area contributed by atoms with E-state index in [1.54, 1.807) is 0 Å². The molecule has 2 aromatic rings. The first-order chi connectivity index (χ1) is 13.2. The Morgan fingerprint density at radius 1 is 0.857 bits per heavy atom. The number of nitro groups is 2. The van der Waals surface area contributed by atoms with Crippen molar-refractivity contribution >= 4 is 35.3 Å². The van der Waals surface area contributed by atoms with Gasteiger partial charge in [-0.1, -0.05) is 25.3 Å². The van der Waals surface area contributed by atoms with Gasteiger partial charge in [0.15, 0.2) is 0 Å². The average molecular weight is 382 g/mol. The van der Waals surface area contributed by atoms with E-state index in [4.69, 9.17) is 5.84 Å². The van der Waals surface area contributed by atoms with E-state index in [1.807, 2.05) is 0 Å². The maximum atomic E-state index is 12.7. The number of nitro benzene ring substituents is 2. The number of nitrogens with zero attached hydrogens (tertiary/aromatic N) is 3. The van der Waals surface area contributed by atoms with E-state index in [0.717, 1.165) is 12.1 Å². The second-order valence-electron chi connectivity index (χ2n) is 5.45. The van der Waals surface area contributed by atoms with Gasteiger partial charge in [-0.05, 0) is 23.3 Å². The molecule has 0 aliphatic carbocycles. The average Bonchev–Trinajstić information content (AvgIpc) is 2.70. The highest BCUT2D eigenvalue weighted by Crippen LogP contribution is 2.23. The van der Waals surface area contributed by atoms with Crippen LogP contribution in [0.25, 0.3) is 12.2 Å². The third-order valence-electron chi connectivity index (χ3n) is 3.83. The van der Waals surface area contributed by atoms with Crippen molar-refractivity contribution in [2.24, 2.45) is 5.84 Å². The highest BCUT2D eigenvalue weighted by atomic mass is 16.6. The zero-order chi connectivity index (χ0) is 21.0. The lowest BCUT2D eigenvalue weighted by Crippen LogP contribution is -2.43. The lowest BCUT2D eigenvalue weighted by molar-refractivity contribution is -0.385. The van der Waals surface area contributed by atoms with Crippen molar-refractivity contribution in [2.45, 2.75) is 0 Å². The second-order valence-corrected chi connectivity index (χ2v) is 5.45. The standard InChI is InChI=1S/C18H14N4O6/c1-3-11-5-7-13(21(25)26)9-15(11)17(23)20(19)18(24)16-10-14(22(27)28)8-6-12(16)4-2/h3-10H,1-2,19H2. The topological polar surface area (TPSA) is 150 Å². The molecular weight excluding hydrogens is 368 g/mol. The van der Waals surface area contributed by atoms with Crippen LogP contribution in [0.5, 0.6) is 0 Å². The molecule has 0 aromatic heterocycles. The molecule has 0 radical (unpaired) electrons. The number of carbonyl (C=O) groups excluding carboxylic acids is 2. The molecule has 2 rings (SSSR count). The normalized spacial score (nSPS) is 10.0. The van der Waals surface area contributed by atoms with Crippen LogP contribution in [-0.4, -0.2) is 26.7 Å². The van der Waals surface area contributed by atoms with Crippen LogP contribution < -0.4 is 5.84 Å². The third-order valence-corrected chi connectivity index (χ3v) is 3.83. The van der Waals surface area contributed by atoms with Crippen molar-refractivity contribution < 1.29 is 19.4 Å². The zero-order valence-electron chi connectivity index (χ0n) is 14.4. The van der Waals surface area contributed by atoms with Crippen molar-refractivity contribution in [3.8, 4) is 0 Å². The summed E-state index contributed by atoms with van der Waals surface area (Å²) in [6.07, 6.45) is 2.55. The molecule has 142 valence electrons. The molecule has 0 aliphatic rings. The van der Waals surface area contributed by atoms with Crippen molar-refractivity contribution in [3.63, 3.8) is 0 Å². The molecule has 0 atom stereocenters. The summed E-state index contributed by atoms with van der Waals surface area (Å²) in [5, 5.41) is 22.2. The Hall–Kier alpha value is -4.18. The molecule has 0 aliphatic heterocycles. The molecule has 0 heterocycles. The van der Waals surface area contributed by atoms with Crippen LogP contribution in [0.15, 0.2) is 49.6 Å². The number of hydrogen-bond donors (Lipinski definition) is 1. The largest absolute Gasteiger partial charge is 0.275 e. The molecule has 28 heavy (non-hydrogen) atoms. The van der Waals surface area contributed by atoms with Gasteiger partial charge in [-0.25, -0.2) is 10.9 Å². The predicted molar refractivity (Wildman–Crippen MR) is 101 cm³/mol. The Morgan fingerprint density at radius 3 is 1.50 bits per heavy atom. The van der Waals surface area contributed by atoms with E-state index in [1.165, 1.54) is 36.4 Å². The van der Waals surface area contributed by atoms with Crippen LogP contribution in [0.4, 0.5) is 11.4 Å². The van der Waals surface area contributed by atoms with Crippen molar-refractivity contribution in [3.05, 3.63) is 92.0 Å². The minimum Gasteiger partial charge on any atom is -0.267 e. The molecule has 0 bridgehead atoms. The molecule has 2 aromatic carbocycles. The van der Waals surface area contributed by atoms with E-state index in [0.29, 0.717) is 0 Å². The summed E-state index contributed by atoms with van der Waals surface area (Å²) in [4.78, 5) is 45.9. The van der Waals surface area contributed by atoms with Gasteiger partial charge in [0.1, 0.15) is 0 Å². The van der Waals surface area contributed by atoms with Crippen LogP contribution >= 0.6 is 0 Å². The number of carbonyl (C=O) groups is 2. The van der Waals surface area contributed by atoms with Gasteiger partial charge in [-0.2, -0.15) is 0 Å². The molecule has 10 nitrogen and oxygen atoms in total. The Kier molecular flexibility index (Phi) is 5.76. The fourth-order valence-corrected chi connectivity index (χ4v) is 2.39. The fraction of sp³-hybridized carbons (Fsp3) is 0. The molecule has 2 N–H and O–H groups in total. The van der Waals surface area contributed by atoms with Gasteiger partial charge in [-0.3, -0.25) is 29.8 Å². The van der Waals surface area contributed by atoms with Gasteiger partial charge in [0.2, 0.25) is 0 Å². The molecular formula is C18H14N4O6. The third kappa shape index (κ3) is 3.81. The summed E-state index contributed by atoms with van der Waals surface area (Å²) < 4.78 is 0. The lowest BCUT2D eigenvalue weighted by Gasteiger charge is -2.17. The summed E-state index contributed by atoms with van der Waals surface area (Å²) in [6.45, 7) is 7.03. The maximum absolute atomic E-state index is 12.7. The first-order valence-corrected chi connectivity index (χ1v) is 7.66. The summed E-state index contributed by atoms with van der Waals surface area (Å²) in [6, 6.07) is 6.86. The molecule has 0 spiro atoms. The van der Waals surface area contributed by atoms with E-state index in [9.17, 15) is 29.8 Å². The summed E-state index contributed by atoms with van der Waals surface area (Å²) in [7, 11) is 0. The van der Waals surface area contributed by atoms with Gasteiger partial charge < -0.3 is 0 Å². The summed E-state index contributed by atoms with van der Waals surface area (Å²) in [5.41, 5.74) is -0.742. The van der Waals surface area contributed by atoms with Gasteiger partial charge in [0.25, 0.3) is 23.2 Å². The second kappa shape index (κ2) is 8.01. The van der Waals surface area contributed by atoms with Crippen molar-refractivity contribution in [2.75, 3.05) is 0 Å². The number of amides is 2. The van der Waals surface area contributed by atoms with E-state index < -0.39 is 21.7 Å². The zero-order valence-corrected chi connectivity index (χ0v) is 14.4. The molecule has 0 unspecified atom stereocenters. The summed E-state index contributed by atoms with van der Waals surface area (Å²) >= 11 is 0. The quantitative estimate of drug-likeness (QED) is 0.265. The lowest BCUT2D eigenvalue weighted by atomic mass is 10.0. The summed E-state index contributed by atoms with van der Waals surface area (Å²) in [5.74, 6) is 3.58. The van der Waals surface area contributed by atoms with Gasteiger partial charge in [-0.15, -0.1) is 0 Å². The maximum Gasteiger partial charge on any atom is 0.275 e. The Bertz CT molecular complexity index is 949. The van der Waals surface area contributed by atoms with Crippen LogP contribution in [0, 0.1) is 20.2 Å². The number of nitrogens with two attached hydrogens (primary N) is 1. The first-order valence-electron chi connectivity index (χ1n) is 7.66.